The average molecular weight is 270 g/mol. The lowest BCUT2D eigenvalue weighted by molar-refractivity contribution is -0.130. The van der Waals surface area contributed by atoms with E-state index in [0.29, 0.717) is 0 Å². The molecule has 0 fully saturated rings. The van der Waals surface area contributed by atoms with Crippen LogP contribution >= 0.6 is 0 Å². The number of likely N-dealkylation sites (N-methyl/N-ethyl adjacent to an activating group) is 1. The summed E-state index contributed by atoms with van der Waals surface area (Å²) < 4.78 is 0. The molecule has 2 rings (SSSR count). The molecule has 0 saturated carbocycles. The van der Waals surface area contributed by atoms with E-state index in [1.165, 1.54) is 16.3 Å². The summed E-state index contributed by atoms with van der Waals surface area (Å²) in [7, 11) is 3.56. The third-order valence-corrected chi connectivity index (χ3v) is 3.58. The van der Waals surface area contributed by atoms with Crippen LogP contribution in [0.25, 0.3) is 10.8 Å². The fourth-order valence-corrected chi connectivity index (χ4v) is 2.41. The number of fused-ring (bicyclic) bond motifs is 1. The van der Waals surface area contributed by atoms with Crippen molar-refractivity contribution in [2.75, 3.05) is 14.1 Å². The number of hydrogen-bond acceptors (Lipinski definition) is 2. The maximum absolute atomic E-state index is 11.9. The van der Waals surface area contributed by atoms with E-state index in [0.717, 1.165) is 0 Å². The summed E-state index contributed by atoms with van der Waals surface area (Å²) in [5.74, 6) is 0.0950. The summed E-state index contributed by atoms with van der Waals surface area (Å²) in [6, 6.07) is 14.7. The number of rotatable bonds is 4. The highest BCUT2D eigenvalue weighted by atomic mass is 16.2. The summed E-state index contributed by atoms with van der Waals surface area (Å²) >= 11 is 0. The molecule has 2 aromatic rings. The molecule has 1 N–H and O–H groups in total. The number of carbonyl (C=O) groups excluding carboxylic acids is 1. The van der Waals surface area contributed by atoms with Crippen molar-refractivity contribution in [1.82, 2.24) is 10.2 Å². The zero-order valence-corrected chi connectivity index (χ0v) is 12.6. The largest absolute Gasteiger partial charge is 0.347 e. The van der Waals surface area contributed by atoms with Gasteiger partial charge in [0.25, 0.3) is 0 Å². The zero-order chi connectivity index (χ0) is 14.7. The van der Waals surface area contributed by atoms with E-state index in [-0.39, 0.29) is 18.0 Å². The molecule has 0 aliphatic carbocycles. The molecule has 0 aliphatic rings. The number of carbonyl (C=O) groups is 1. The Hall–Kier alpha value is -1.87. The van der Waals surface area contributed by atoms with Gasteiger partial charge in [-0.25, -0.2) is 0 Å². The summed E-state index contributed by atoms with van der Waals surface area (Å²) in [5.41, 5.74) is 1.20. The van der Waals surface area contributed by atoms with Crippen molar-refractivity contribution in [3.8, 4) is 0 Å². The molecule has 0 heterocycles. The maximum atomic E-state index is 11.9. The van der Waals surface area contributed by atoms with Gasteiger partial charge in [-0.15, -0.1) is 0 Å². The van der Waals surface area contributed by atoms with Crippen LogP contribution in [0.1, 0.15) is 25.5 Å². The fourth-order valence-electron chi connectivity index (χ4n) is 2.41. The minimum atomic E-state index is -0.188. The predicted molar refractivity (Wildman–Crippen MR) is 83.7 cm³/mol. The highest BCUT2D eigenvalue weighted by molar-refractivity contribution is 5.83. The molecule has 0 bridgehead atoms. The molecule has 2 aromatic carbocycles. The maximum Gasteiger partial charge on any atom is 0.238 e. The first-order chi connectivity index (χ1) is 9.49. The Morgan fingerprint density at radius 1 is 1.05 bits per heavy atom. The molecule has 1 amide bonds. The molecular formula is C17H22N2O. The topological polar surface area (TPSA) is 32.3 Å². The summed E-state index contributed by atoms with van der Waals surface area (Å²) in [6.45, 7) is 3.99. The quantitative estimate of drug-likeness (QED) is 0.926. The number of hydrogen-bond donors (Lipinski definition) is 1. The Morgan fingerprint density at radius 2 is 1.70 bits per heavy atom. The highest BCUT2D eigenvalue weighted by Crippen LogP contribution is 2.20. The van der Waals surface area contributed by atoms with Gasteiger partial charge in [0.05, 0.1) is 6.04 Å². The van der Waals surface area contributed by atoms with Crippen LogP contribution in [-0.4, -0.2) is 30.9 Å². The van der Waals surface area contributed by atoms with E-state index in [9.17, 15) is 4.79 Å². The first-order valence-corrected chi connectivity index (χ1v) is 6.95. The first-order valence-electron chi connectivity index (χ1n) is 6.95. The monoisotopic (exact) mass is 270 g/mol. The highest BCUT2D eigenvalue weighted by Gasteiger charge is 2.17. The lowest BCUT2D eigenvalue weighted by Gasteiger charge is -2.22. The molecule has 0 saturated heterocycles. The van der Waals surface area contributed by atoms with Crippen LogP contribution in [0.2, 0.25) is 0 Å². The van der Waals surface area contributed by atoms with E-state index in [1.54, 1.807) is 19.0 Å². The first kappa shape index (κ1) is 14.5. The normalized spacial score (nSPS) is 14.0. The van der Waals surface area contributed by atoms with Crippen molar-refractivity contribution in [2.45, 2.75) is 25.9 Å². The smallest absolute Gasteiger partial charge is 0.238 e. The Kier molecular flexibility index (Phi) is 4.40. The molecule has 0 aromatic heterocycles. The minimum Gasteiger partial charge on any atom is -0.347 e. The van der Waals surface area contributed by atoms with Crippen LogP contribution < -0.4 is 5.32 Å². The third kappa shape index (κ3) is 3.17. The van der Waals surface area contributed by atoms with E-state index < -0.39 is 0 Å². The van der Waals surface area contributed by atoms with Crippen LogP contribution in [0, 0.1) is 0 Å². The van der Waals surface area contributed by atoms with E-state index in [4.69, 9.17) is 0 Å². The van der Waals surface area contributed by atoms with Gasteiger partial charge in [-0.2, -0.15) is 0 Å². The van der Waals surface area contributed by atoms with Crippen LogP contribution in [0.15, 0.2) is 42.5 Å². The SMILES string of the molecule is CC(NC(C)c1ccc2ccccc2c1)C(=O)N(C)C. The van der Waals surface area contributed by atoms with Crippen LogP contribution in [-0.2, 0) is 4.79 Å². The summed E-state index contributed by atoms with van der Waals surface area (Å²) in [4.78, 5) is 13.5. The molecule has 2 unspecified atom stereocenters. The molecule has 2 atom stereocenters. The van der Waals surface area contributed by atoms with Gasteiger partial charge in [-0.1, -0.05) is 36.4 Å². The number of nitrogens with one attached hydrogen (secondary N) is 1. The molecule has 0 radical (unpaired) electrons. The van der Waals surface area contributed by atoms with Crippen molar-refractivity contribution in [3.63, 3.8) is 0 Å². The van der Waals surface area contributed by atoms with Gasteiger partial charge >= 0.3 is 0 Å². The van der Waals surface area contributed by atoms with Gasteiger partial charge < -0.3 is 4.90 Å². The van der Waals surface area contributed by atoms with Crippen molar-refractivity contribution >= 4 is 16.7 Å². The van der Waals surface area contributed by atoms with E-state index >= 15 is 0 Å². The molecule has 20 heavy (non-hydrogen) atoms. The Morgan fingerprint density at radius 3 is 2.35 bits per heavy atom. The lowest BCUT2D eigenvalue weighted by atomic mass is 10.0. The fraction of sp³-hybridized carbons (Fsp3) is 0.353. The van der Waals surface area contributed by atoms with Gasteiger partial charge in [-0.05, 0) is 36.2 Å². The molecule has 0 spiro atoms. The van der Waals surface area contributed by atoms with Gasteiger partial charge in [0, 0.05) is 20.1 Å². The second kappa shape index (κ2) is 6.06. The molecule has 106 valence electrons. The summed E-state index contributed by atoms with van der Waals surface area (Å²) in [6.07, 6.45) is 0. The summed E-state index contributed by atoms with van der Waals surface area (Å²) in [5, 5.41) is 5.81. The van der Waals surface area contributed by atoms with Gasteiger partial charge in [-0.3, -0.25) is 10.1 Å². The van der Waals surface area contributed by atoms with Crippen LogP contribution in [0.5, 0.6) is 0 Å². The molecule has 3 heteroatoms. The van der Waals surface area contributed by atoms with Crippen LogP contribution in [0.4, 0.5) is 0 Å². The molecule has 0 aliphatic heterocycles. The van der Waals surface area contributed by atoms with Crippen LogP contribution in [0.3, 0.4) is 0 Å². The van der Waals surface area contributed by atoms with Gasteiger partial charge in [0.2, 0.25) is 5.91 Å². The van der Waals surface area contributed by atoms with E-state index in [1.807, 2.05) is 19.1 Å². The molecular weight excluding hydrogens is 248 g/mol. The van der Waals surface area contributed by atoms with Gasteiger partial charge in [0.1, 0.15) is 0 Å². The lowest BCUT2D eigenvalue weighted by Crippen LogP contribution is -2.42. The second-order valence-corrected chi connectivity index (χ2v) is 5.45. The Labute approximate surface area is 120 Å². The van der Waals surface area contributed by atoms with Crippen molar-refractivity contribution in [1.29, 1.82) is 0 Å². The molecule has 3 nitrogen and oxygen atoms in total. The minimum absolute atomic E-state index is 0.0950. The Balaban J connectivity index is 2.15. The standard InChI is InChI=1S/C17H22N2O/c1-12(18-13(2)17(20)19(3)4)15-10-9-14-7-5-6-8-16(14)11-15/h5-13,18H,1-4H3. The van der Waals surface area contributed by atoms with Crippen molar-refractivity contribution in [2.24, 2.45) is 0 Å². The van der Waals surface area contributed by atoms with Crippen molar-refractivity contribution in [3.05, 3.63) is 48.0 Å². The number of nitrogens with zero attached hydrogens (tertiary/aromatic N) is 1. The van der Waals surface area contributed by atoms with Gasteiger partial charge in [0.15, 0.2) is 0 Å². The zero-order valence-electron chi connectivity index (χ0n) is 12.6. The average Bonchev–Trinajstić information content (AvgIpc) is 2.45. The number of amides is 1. The predicted octanol–water partition coefficient (Wildman–Crippen LogP) is 2.97. The third-order valence-electron chi connectivity index (χ3n) is 3.58. The number of benzene rings is 2. The van der Waals surface area contributed by atoms with Crippen molar-refractivity contribution < 1.29 is 4.79 Å². The van der Waals surface area contributed by atoms with E-state index in [2.05, 4.69) is 42.6 Å². The second-order valence-electron chi connectivity index (χ2n) is 5.45. The Bertz CT molecular complexity index is 607.